The number of piperazine rings is 1. The first kappa shape index (κ1) is 18.9. The second-order valence-electron chi connectivity index (χ2n) is 6.14. The van der Waals surface area contributed by atoms with Crippen molar-refractivity contribution in [3.05, 3.63) is 34.3 Å². The number of hydrogen-bond acceptors (Lipinski definition) is 3. The van der Waals surface area contributed by atoms with Crippen molar-refractivity contribution in [1.29, 1.82) is 0 Å². The SMILES string of the molecule is CCCNC(=O)CN1CCN(C(=O)CCc2cccc(Br)c2)CC1. The van der Waals surface area contributed by atoms with Crippen LogP contribution in [0.4, 0.5) is 0 Å². The summed E-state index contributed by atoms with van der Waals surface area (Å²) in [4.78, 5) is 28.1. The molecule has 2 amide bonds. The molecule has 0 radical (unpaired) electrons. The molecule has 0 atom stereocenters. The second-order valence-corrected chi connectivity index (χ2v) is 7.05. The third-order valence-corrected chi connectivity index (χ3v) is 4.67. The van der Waals surface area contributed by atoms with E-state index >= 15 is 0 Å². The molecule has 1 saturated heterocycles. The van der Waals surface area contributed by atoms with Gasteiger partial charge in [-0.2, -0.15) is 0 Å². The predicted octanol–water partition coefficient (Wildman–Crippen LogP) is 2.05. The lowest BCUT2D eigenvalue weighted by Gasteiger charge is -2.34. The van der Waals surface area contributed by atoms with Crippen molar-refractivity contribution >= 4 is 27.7 Å². The van der Waals surface area contributed by atoms with E-state index in [1.807, 2.05) is 30.0 Å². The van der Waals surface area contributed by atoms with Gasteiger partial charge in [0, 0.05) is 43.6 Å². The first-order valence-electron chi connectivity index (χ1n) is 8.59. The highest BCUT2D eigenvalue weighted by Gasteiger charge is 2.22. The van der Waals surface area contributed by atoms with E-state index in [0.717, 1.165) is 36.9 Å². The van der Waals surface area contributed by atoms with Gasteiger partial charge in [0.25, 0.3) is 0 Å². The van der Waals surface area contributed by atoms with Gasteiger partial charge < -0.3 is 10.2 Å². The first-order chi connectivity index (χ1) is 11.6. The standard InChI is InChI=1S/C18H26BrN3O2/c1-2-8-20-17(23)14-21-9-11-22(12-10-21)18(24)7-6-15-4-3-5-16(19)13-15/h3-5,13H,2,6-12,14H2,1H3,(H,20,23). The lowest BCUT2D eigenvalue weighted by Crippen LogP contribution is -2.51. The number of carbonyl (C=O) groups is 2. The number of nitrogens with one attached hydrogen (secondary N) is 1. The van der Waals surface area contributed by atoms with E-state index in [0.29, 0.717) is 26.1 Å². The highest BCUT2D eigenvalue weighted by molar-refractivity contribution is 9.10. The normalized spacial score (nSPS) is 15.3. The number of benzene rings is 1. The van der Waals surface area contributed by atoms with Crippen molar-refractivity contribution in [2.24, 2.45) is 0 Å². The predicted molar refractivity (Wildman–Crippen MR) is 98.8 cm³/mol. The Kier molecular flexibility index (Phi) is 7.72. The quantitative estimate of drug-likeness (QED) is 0.768. The smallest absolute Gasteiger partial charge is 0.234 e. The van der Waals surface area contributed by atoms with Crippen LogP contribution in [0.15, 0.2) is 28.7 Å². The summed E-state index contributed by atoms with van der Waals surface area (Å²) in [6.07, 6.45) is 2.25. The lowest BCUT2D eigenvalue weighted by molar-refractivity contribution is -0.133. The summed E-state index contributed by atoms with van der Waals surface area (Å²) in [5.74, 6) is 0.274. The molecule has 1 aromatic rings. The Morgan fingerprint density at radius 3 is 2.62 bits per heavy atom. The van der Waals surface area contributed by atoms with Crippen LogP contribution in [0.5, 0.6) is 0 Å². The molecular weight excluding hydrogens is 370 g/mol. The maximum Gasteiger partial charge on any atom is 0.234 e. The average molecular weight is 396 g/mol. The summed E-state index contributed by atoms with van der Waals surface area (Å²) in [7, 11) is 0. The van der Waals surface area contributed by atoms with Crippen molar-refractivity contribution in [3.8, 4) is 0 Å². The van der Waals surface area contributed by atoms with E-state index in [-0.39, 0.29) is 11.8 Å². The largest absolute Gasteiger partial charge is 0.355 e. The summed E-state index contributed by atoms with van der Waals surface area (Å²) >= 11 is 3.45. The minimum absolute atomic E-state index is 0.0753. The summed E-state index contributed by atoms with van der Waals surface area (Å²) in [6.45, 7) is 6.15. The number of rotatable bonds is 7. The van der Waals surface area contributed by atoms with Gasteiger partial charge in [-0.1, -0.05) is 35.0 Å². The van der Waals surface area contributed by atoms with E-state index in [9.17, 15) is 9.59 Å². The van der Waals surface area contributed by atoms with Crippen LogP contribution in [0.3, 0.4) is 0 Å². The fourth-order valence-electron chi connectivity index (χ4n) is 2.78. The molecule has 0 spiro atoms. The molecule has 6 heteroatoms. The summed E-state index contributed by atoms with van der Waals surface area (Å²) < 4.78 is 1.04. The van der Waals surface area contributed by atoms with Gasteiger partial charge in [0.1, 0.15) is 0 Å². The molecule has 1 N–H and O–H groups in total. The molecule has 1 aromatic carbocycles. The monoisotopic (exact) mass is 395 g/mol. The zero-order valence-electron chi connectivity index (χ0n) is 14.3. The number of amides is 2. The third kappa shape index (κ3) is 6.24. The van der Waals surface area contributed by atoms with Crippen LogP contribution in [0.25, 0.3) is 0 Å². The zero-order chi connectivity index (χ0) is 17.4. The van der Waals surface area contributed by atoms with Gasteiger partial charge in [-0.3, -0.25) is 14.5 Å². The molecular formula is C18H26BrN3O2. The van der Waals surface area contributed by atoms with Gasteiger partial charge in [0.05, 0.1) is 6.54 Å². The van der Waals surface area contributed by atoms with E-state index in [4.69, 9.17) is 0 Å². The van der Waals surface area contributed by atoms with E-state index < -0.39 is 0 Å². The van der Waals surface area contributed by atoms with Crippen molar-refractivity contribution in [2.45, 2.75) is 26.2 Å². The Morgan fingerprint density at radius 2 is 1.96 bits per heavy atom. The van der Waals surface area contributed by atoms with E-state index in [2.05, 4.69) is 32.2 Å². The number of halogens is 1. The highest BCUT2D eigenvalue weighted by Crippen LogP contribution is 2.14. The van der Waals surface area contributed by atoms with Gasteiger partial charge >= 0.3 is 0 Å². The molecule has 132 valence electrons. The molecule has 5 nitrogen and oxygen atoms in total. The average Bonchev–Trinajstić information content (AvgIpc) is 2.58. The number of aryl methyl sites for hydroxylation is 1. The van der Waals surface area contributed by atoms with Gasteiger partial charge in [-0.25, -0.2) is 0 Å². The second kappa shape index (κ2) is 9.79. The maximum atomic E-state index is 12.3. The van der Waals surface area contributed by atoms with Crippen LogP contribution >= 0.6 is 15.9 Å². The summed E-state index contributed by atoms with van der Waals surface area (Å²) in [5, 5.41) is 2.89. The number of nitrogens with zero attached hydrogens (tertiary/aromatic N) is 2. The Labute approximate surface area is 152 Å². The molecule has 0 saturated carbocycles. The maximum absolute atomic E-state index is 12.3. The van der Waals surface area contributed by atoms with Gasteiger partial charge in [0.15, 0.2) is 0 Å². The van der Waals surface area contributed by atoms with Gasteiger partial charge in [-0.15, -0.1) is 0 Å². The molecule has 2 rings (SSSR count). The molecule has 0 aliphatic carbocycles. The summed E-state index contributed by atoms with van der Waals surface area (Å²) in [5.41, 5.74) is 1.17. The fraction of sp³-hybridized carbons (Fsp3) is 0.556. The van der Waals surface area contributed by atoms with Crippen molar-refractivity contribution < 1.29 is 9.59 Å². The van der Waals surface area contributed by atoms with Crippen molar-refractivity contribution in [1.82, 2.24) is 15.1 Å². The molecule has 1 aliphatic heterocycles. The van der Waals surface area contributed by atoms with Crippen molar-refractivity contribution in [2.75, 3.05) is 39.3 Å². The molecule has 0 bridgehead atoms. The van der Waals surface area contributed by atoms with E-state index in [1.165, 1.54) is 5.56 Å². The zero-order valence-corrected chi connectivity index (χ0v) is 15.8. The van der Waals surface area contributed by atoms with Crippen LogP contribution in [-0.2, 0) is 16.0 Å². The van der Waals surface area contributed by atoms with Gasteiger partial charge in [-0.05, 0) is 30.5 Å². The van der Waals surface area contributed by atoms with Crippen LogP contribution in [-0.4, -0.2) is 60.9 Å². The Balaban J connectivity index is 1.69. The Morgan fingerprint density at radius 1 is 1.21 bits per heavy atom. The van der Waals surface area contributed by atoms with Crippen LogP contribution in [0.2, 0.25) is 0 Å². The number of carbonyl (C=O) groups excluding carboxylic acids is 2. The highest BCUT2D eigenvalue weighted by atomic mass is 79.9. The van der Waals surface area contributed by atoms with Crippen LogP contribution in [0.1, 0.15) is 25.3 Å². The number of hydrogen-bond donors (Lipinski definition) is 1. The molecule has 0 unspecified atom stereocenters. The molecule has 1 fully saturated rings. The van der Waals surface area contributed by atoms with Crippen LogP contribution in [0, 0.1) is 0 Å². The molecule has 0 aromatic heterocycles. The topological polar surface area (TPSA) is 52.7 Å². The Hall–Kier alpha value is -1.40. The minimum Gasteiger partial charge on any atom is -0.355 e. The van der Waals surface area contributed by atoms with E-state index in [1.54, 1.807) is 0 Å². The Bertz CT molecular complexity index is 557. The summed E-state index contributed by atoms with van der Waals surface area (Å²) in [6, 6.07) is 8.08. The van der Waals surface area contributed by atoms with Crippen LogP contribution < -0.4 is 5.32 Å². The third-order valence-electron chi connectivity index (χ3n) is 4.18. The molecule has 1 aliphatic rings. The minimum atomic E-state index is 0.0753. The fourth-order valence-corrected chi connectivity index (χ4v) is 3.23. The molecule has 1 heterocycles. The van der Waals surface area contributed by atoms with Gasteiger partial charge in [0.2, 0.25) is 11.8 Å². The lowest BCUT2D eigenvalue weighted by atomic mass is 10.1. The molecule has 24 heavy (non-hydrogen) atoms. The van der Waals surface area contributed by atoms with Crippen molar-refractivity contribution in [3.63, 3.8) is 0 Å². The first-order valence-corrected chi connectivity index (χ1v) is 9.39.